The van der Waals surface area contributed by atoms with Gasteiger partial charge in [0.05, 0.1) is 5.69 Å². The van der Waals surface area contributed by atoms with E-state index >= 15 is 0 Å². The normalized spacial score (nSPS) is 15.4. The molecule has 0 saturated carbocycles. The summed E-state index contributed by atoms with van der Waals surface area (Å²) in [6, 6.07) is 20.1. The van der Waals surface area contributed by atoms with Gasteiger partial charge in [0, 0.05) is 18.4 Å². The van der Waals surface area contributed by atoms with Crippen LogP contribution in [0.1, 0.15) is 11.1 Å². The van der Waals surface area contributed by atoms with E-state index in [9.17, 15) is 0 Å². The molecule has 1 heterocycles. The molecule has 3 aromatic carbocycles. The lowest BCUT2D eigenvalue weighted by atomic mass is 10.0. The van der Waals surface area contributed by atoms with Gasteiger partial charge >= 0.3 is 0 Å². The molecule has 27 heavy (non-hydrogen) atoms. The van der Waals surface area contributed by atoms with Crippen LogP contribution in [0.25, 0.3) is 16.7 Å². The van der Waals surface area contributed by atoms with E-state index in [-0.39, 0.29) is 0 Å². The van der Waals surface area contributed by atoms with Crippen molar-refractivity contribution in [2.24, 2.45) is 0 Å². The highest BCUT2D eigenvalue weighted by molar-refractivity contribution is 6.03. The number of nitrogen functional groups attached to an aromatic ring is 2. The number of hydrogen-bond acceptors (Lipinski definition) is 4. The number of hydrogen-bond donors (Lipinski definition) is 2. The highest BCUT2D eigenvalue weighted by atomic mass is 16.5. The van der Waals surface area contributed by atoms with Crippen molar-refractivity contribution in [3.63, 3.8) is 0 Å². The molecule has 0 amide bonds. The Kier molecular flexibility index (Phi) is 3.28. The van der Waals surface area contributed by atoms with Crippen molar-refractivity contribution in [3.05, 3.63) is 89.8 Å². The summed E-state index contributed by atoms with van der Waals surface area (Å²) in [4.78, 5) is 2.04. The Balaban J connectivity index is 1.63. The van der Waals surface area contributed by atoms with Crippen LogP contribution in [0.4, 0.5) is 17.1 Å². The van der Waals surface area contributed by atoms with Gasteiger partial charge in [0.15, 0.2) is 11.6 Å². The van der Waals surface area contributed by atoms with Gasteiger partial charge in [-0.3, -0.25) is 0 Å². The van der Waals surface area contributed by atoms with Crippen molar-refractivity contribution in [2.75, 3.05) is 23.4 Å². The monoisotopic (exact) mass is 353 g/mol. The van der Waals surface area contributed by atoms with Gasteiger partial charge in [0.2, 0.25) is 0 Å². The first-order chi connectivity index (χ1) is 13.1. The fourth-order valence-corrected chi connectivity index (χ4v) is 3.78. The molecule has 4 N–H and O–H groups in total. The minimum absolute atomic E-state index is 0.745. The van der Waals surface area contributed by atoms with E-state index < -0.39 is 0 Å². The molecule has 0 aromatic heterocycles. The molecular formula is C23H19N3O. The molecule has 5 rings (SSSR count). The molecule has 0 spiro atoms. The van der Waals surface area contributed by atoms with Crippen LogP contribution in [0.2, 0.25) is 0 Å². The third-order valence-electron chi connectivity index (χ3n) is 5.12. The van der Waals surface area contributed by atoms with Gasteiger partial charge in [-0.15, -0.1) is 0 Å². The second kappa shape index (κ2) is 5.68. The van der Waals surface area contributed by atoms with Gasteiger partial charge < -0.3 is 21.1 Å². The minimum Gasteiger partial charge on any atom is -0.439 e. The topological polar surface area (TPSA) is 64.5 Å². The maximum atomic E-state index is 6.06. The van der Waals surface area contributed by atoms with E-state index in [2.05, 4.69) is 18.2 Å². The summed E-state index contributed by atoms with van der Waals surface area (Å²) in [5.74, 6) is 1.65. The molecule has 2 aliphatic rings. The van der Waals surface area contributed by atoms with Crippen LogP contribution in [0.3, 0.4) is 0 Å². The lowest BCUT2D eigenvalue weighted by Crippen LogP contribution is -2.12. The third-order valence-corrected chi connectivity index (χ3v) is 5.12. The number of fused-ring (bicyclic) bond motifs is 4. The molecule has 3 aromatic rings. The number of anilines is 3. The molecule has 0 radical (unpaired) electrons. The van der Waals surface area contributed by atoms with Crippen molar-refractivity contribution in [2.45, 2.75) is 0 Å². The highest BCUT2D eigenvalue weighted by Crippen LogP contribution is 2.46. The summed E-state index contributed by atoms with van der Waals surface area (Å²) in [6.07, 6.45) is 4.09. The van der Waals surface area contributed by atoms with Crippen LogP contribution in [-0.2, 0) is 0 Å². The fourth-order valence-electron chi connectivity index (χ4n) is 3.78. The molecule has 0 bridgehead atoms. The smallest absolute Gasteiger partial charge is 0.200 e. The van der Waals surface area contributed by atoms with Gasteiger partial charge in [0.25, 0.3) is 0 Å². The van der Waals surface area contributed by atoms with Crippen LogP contribution in [0.5, 0.6) is 5.75 Å². The first-order valence-corrected chi connectivity index (χ1v) is 8.84. The fraction of sp³-hybridized carbons (Fsp3) is 0.0435. The minimum atomic E-state index is 0.745. The molecule has 132 valence electrons. The van der Waals surface area contributed by atoms with Crippen LogP contribution in [0.15, 0.2) is 78.7 Å². The summed E-state index contributed by atoms with van der Waals surface area (Å²) < 4.78 is 6.00. The molecular weight excluding hydrogens is 334 g/mol. The van der Waals surface area contributed by atoms with Gasteiger partial charge in [-0.05, 0) is 76.4 Å². The summed E-state index contributed by atoms with van der Waals surface area (Å²) in [6.45, 7) is 0. The number of benzene rings is 3. The summed E-state index contributed by atoms with van der Waals surface area (Å²) in [7, 11) is 2.00. The molecule has 4 nitrogen and oxygen atoms in total. The molecule has 0 atom stereocenters. The lowest BCUT2D eigenvalue weighted by Gasteiger charge is -2.10. The third kappa shape index (κ3) is 2.38. The molecule has 0 unspecified atom stereocenters. The number of nitrogens with two attached hydrogens (primary N) is 2. The van der Waals surface area contributed by atoms with Gasteiger partial charge in [-0.1, -0.05) is 24.3 Å². The number of nitrogens with zero attached hydrogens (tertiary/aromatic N) is 1. The van der Waals surface area contributed by atoms with E-state index in [1.807, 2.05) is 66.6 Å². The van der Waals surface area contributed by atoms with Crippen LogP contribution in [0, 0.1) is 0 Å². The predicted molar refractivity (Wildman–Crippen MR) is 111 cm³/mol. The van der Waals surface area contributed by atoms with Crippen LogP contribution >= 0.6 is 0 Å². The average Bonchev–Trinajstić information content (AvgIpc) is 3.14. The molecule has 0 fully saturated rings. The summed E-state index contributed by atoms with van der Waals surface area (Å²) >= 11 is 0. The SMILES string of the molecule is CN1/C(=C\C=C2c3cc(N)ccc3-c3ccc(N)cc32)Oc2ccccc21. The highest BCUT2D eigenvalue weighted by Gasteiger charge is 2.25. The van der Waals surface area contributed by atoms with Crippen LogP contribution < -0.4 is 21.1 Å². The lowest BCUT2D eigenvalue weighted by molar-refractivity contribution is 0.444. The zero-order valence-corrected chi connectivity index (χ0v) is 14.9. The van der Waals surface area contributed by atoms with E-state index in [0.717, 1.165) is 45.4 Å². The Labute approximate surface area is 158 Å². The first-order valence-electron chi connectivity index (χ1n) is 8.84. The number of rotatable bonds is 1. The van der Waals surface area contributed by atoms with E-state index in [4.69, 9.17) is 16.2 Å². The predicted octanol–water partition coefficient (Wildman–Crippen LogP) is 4.63. The summed E-state index contributed by atoms with van der Waals surface area (Å²) in [5, 5.41) is 0. The average molecular weight is 353 g/mol. The largest absolute Gasteiger partial charge is 0.439 e. The number of allylic oxidation sites excluding steroid dienone is 2. The Morgan fingerprint density at radius 1 is 0.778 bits per heavy atom. The van der Waals surface area contributed by atoms with Crippen molar-refractivity contribution in [3.8, 4) is 16.9 Å². The van der Waals surface area contributed by atoms with Gasteiger partial charge in [-0.2, -0.15) is 0 Å². The zero-order chi connectivity index (χ0) is 18.5. The Hall–Kier alpha value is -3.66. The molecule has 0 saturated heterocycles. The second-order valence-electron chi connectivity index (χ2n) is 6.82. The van der Waals surface area contributed by atoms with Crippen molar-refractivity contribution >= 4 is 22.6 Å². The maximum absolute atomic E-state index is 6.06. The summed E-state index contributed by atoms with van der Waals surface area (Å²) in [5.41, 5.74) is 20.3. The number of ether oxygens (including phenoxy) is 1. The number of para-hydroxylation sites is 2. The van der Waals surface area contributed by atoms with Crippen molar-refractivity contribution < 1.29 is 4.74 Å². The Morgan fingerprint density at radius 3 is 2.04 bits per heavy atom. The van der Waals surface area contributed by atoms with Gasteiger partial charge in [-0.25, -0.2) is 0 Å². The zero-order valence-electron chi connectivity index (χ0n) is 14.9. The van der Waals surface area contributed by atoms with E-state index in [1.165, 1.54) is 11.1 Å². The first kappa shape index (κ1) is 15.6. The quantitative estimate of drug-likeness (QED) is 0.490. The van der Waals surface area contributed by atoms with Crippen molar-refractivity contribution in [1.82, 2.24) is 0 Å². The molecule has 1 aliphatic heterocycles. The molecule has 4 heteroatoms. The van der Waals surface area contributed by atoms with Gasteiger partial charge in [0.1, 0.15) is 0 Å². The molecule has 1 aliphatic carbocycles. The van der Waals surface area contributed by atoms with E-state index in [1.54, 1.807) is 0 Å². The van der Waals surface area contributed by atoms with E-state index in [0.29, 0.717) is 0 Å². The van der Waals surface area contributed by atoms with Crippen LogP contribution in [-0.4, -0.2) is 7.05 Å². The maximum Gasteiger partial charge on any atom is 0.200 e. The Bertz CT molecular complexity index is 1090. The Morgan fingerprint density at radius 2 is 1.41 bits per heavy atom. The standard InChI is InChI=1S/C23H19N3O/c1-26-21-4-2-3-5-22(21)27-23(26)11-10-18-19-12-14(24)6-8-16(19)17-9-7-15(25)13-20(17)18/h2-13H,24-25H2,1H3/b23-11+. The second-order valence-corrected chi connectivity index (χ2v) is 6.82. The van der Waals surface area contributed by atoms with Crippen molar-refractivity contribution in [1.29, 1.82) is 0 Å².